The van der Waals surface area contributed by atoms with Gasteiger partial charge in [-0.05, 0) is 44.3 Å². The fourth-order valence-electron chi connectivity index (χ4n) is 1.88. The Morgan fingerprint density at radius 2 is 2.38 bits per heavy atom. The highest BCUT2D eigenvalue weighted by Crippen LogP contribution is 2.33. The van der Waals surface area contributed by atoms with Gasteiger partial charge >= 0.3 is 0 Å². The number of ether oxygens (including phenoxy) is 1. The summed E-state index contributed by atoms with van der Waals surface area (Å²) in [5, 5.41) is 2.88. The highest BCUT2D eigenvalue weighted by Gasteiger charge is 2.27. The normalized spacial score (nSPS) is 19.4. The smallest absolute Gasteiger partial charge is 0.268 e. The Kier molecular flexibility index (Phi) is 3.71. The maximum atomic E-state index is 11.7. The van der Waals surface area contributed by atoms with Crippen LogP contribution in [0.25, 0.3) is 0 Å². The molecule has 0 unspecified atom stereocenters. The third-order valence-corrected chi connectivity index (χ3v) is 4.63. The molecule has 6 heteroatoms. The molecular weight excluding hydrogens is 340 g/mol. The number of aromatic nitrogens is 1. The van der Waals surface area contributed by atoms with Crippen LogP contribution in [0.15, 0.2) is 15.1 Å². The Hall–Kier alpha value is -0.330. The van der Waals surface area contributed by atoms with Crippen molar-refractivity contribution in [3.8, 4) is 0 Å². The van der Waals surface area contributed by atoms with Crippen LogP contribution in [0.4, 0.5) is 0 Å². The van der Waals surface area contributed by atoms with Crippen molar-refractivity contribution < 1.29 is 9.53 Å². The zero-order chi connectivity index (χ0) is 11.7. The second-order valence-corrected chi connectivity index (χ2v) is 5.29. The standard InChI is InChI=1S/C10H12Br2N2O2/c1-16-3-2-6-5-13-10(15)8-4-7(11)9(12)14(6)8/h4,6H,2-3,5H2,1H3,(H,13,15)/t6-/m0/s1. The van der Waals surface area contributed by atoms with Gasteiger partial charge in [-0.15, -0.1) is 0 Å². The van der Waals surface area contributed by atoms with Crippen LogP contribution in [0.2, 0.25) is 0 Å². The summed E-state index contributed by atoms with van der Waals surface area (Å²) < 4.78 is 8.92. The van der Waals surface area contributed by atoms with Gasteiger partial charge in [0.15, 0.2) is 0 Å². The second-order valence-electron chi connectivity index (χ2n) is 3.68. The maximum Gasteiger partial charge on any atom is 0.268 e. The monoisotopic (exact) mass is 350 g/mol. The molecule has 16 heavy (non-hydrogen) atoms. The van der Waals surface area contributed by atoms with E-state index in [1.165, 1.54) is 0 Å². The van der Waals surface area contributed by atoms with Crippen LogP contribution in [-0.4, -0.2) is 30.7 Å². The molecule has 1 aliphatic rings. The number of nitrogens with one attached hydrogen (secondary N) is 1. The van der Waals surface area contributed by atoms with Gasteiger partial charge in [-0.3, -0.25) is 4.79 Å². The van der Waals surface area contributed by atoms with Crippen molar-refractivity contribution in [2.45, 2.75) is 12.5 Å². The molecule has 1 amide bonds. The van der Waals surface area contributed by atoms with Crippen molar-refractivity contribution in [3.05, 3.63) is 20.8 Å². The molecule has 4 nitrogen and oxygen atoms in total. The van der Waals surface area contributed by atoms with E-state index in [2.05, 4.69) is 37.2 Å². The van der Waals surface area contributed by atoms with Crippen molar-refractivity contribution in [2.75, 3.05) is 20.3 Å². The number of halogens is 2. The first-order valence-corrected chi connectivity index (χ1v) is 6.57. The zero-order valence-electron chi connectivity index (χ0n) is 8.80. The molecule has 0 saturated heterocycles. The lowest BCUT2D eigenvalue weighted by atomic mass is 10.1. The Bertz CT molecular complexity index is 417. The molecule has 0 saturated carbocycles. The summed E-state index contributed by atoms with van der Waals surface area (Å²) in [6.45, 7) is 1.33. The summed E-state index contributed by atoms with van der Waals surface area (Å²) in [5.74, 6) is -0.0277. The van der Waals surface area contributed by atoms with Crippen molar-refractivity contribution in [2.24, 2.45) is 0 Å². The first-order chi connectivity index (χ1) is 7.65. The second kappa shape index (κ2) is 4.89. The highest BCUT2D eigenvalue weighted by atomic mass is 79.9. The third-order valence-electron chi connectivity index (χ3n) is 2.68. The summed E-state index contributed by atoms with van der Waals surface area (Å²) in [5.41, 5.74) is 0.686. The average Bonchev–Trinajstić information content (AvgIpc) is 2.57. The molecule has 2 rings (SSSR count). The van der Waals surface area contributed by atoms with E-state index in [0.29, 0.717) is 18.8 Å². The number of hydrogen-bond donors (Lipinski definition) is 1. The van der Waals surface area contributed by atoms with Gasteiger partial charge in [0.25, 0.3) is 5.91 Å². The molecule has 0 bridgehead atoms. The minimum atomic E-state index is -0.0277. The van der Waals surface area contributed by atoms with Gasteiger partial charge in [0.1, 0.15) is 5.69 Å². The molecule has 2 heterocycles. The van der Waals surface area contributed by atoms with Crippen molar-refractivity contribution in [3.63, 3.8) is 0 Å². The number of carbonyl (C=O) groups excluding carboxylic acids is 1. The number of methoxy groups -OCH3 is 1. The summed E-state index contributed by atoms with van der Waals surface area (Å²) in [4.78, 5) is 11.7. The van der Waals surface area contributed by atoms with Gasteiger partial charge in [0.2, 0.25) is 0 Å². The van der Waals surface area contributed by atoms with Crippen molar-refractivity contribution >= 4 is 37.8 Å². The van der Waals surface area contributed by atoms with Gasteiger partial charge in [0, 0.05) is 20.3 Å². The first-order valence-electron chi connectivity index (χ1n) is 4.98. The molecule has 0 aromatic carbocycles. The minimum absolute atomic E-state index is 0.0277. The zero-order valence-corrected chi connectivity index (χ0v) is 12.0. The van der Waals surface area contributed by atoms with E-state index >= 15 is 0 Å². The Labute approximate surface area is 111 Å². The van der Waals surface area contributed by atoms with Gasteiger partial charge in [-0.2, -0.15) is 0 Å². The minimum Gasteiger partial charge on any atom is -0.385 e. The maximum absolute atomic E-state index is 11.7. The molecular formula is C10H12Br2N2O2. The van der Waals surface area contributed by atoms with Gasteiger partial charge in [-0.1, -0.05) is 0 Å². The van der Waals surface area contributed by atoms with Crippen molar-refractivity contribution in [1.29, 1.82) is 0 Å². The van der Waals surface area contributed by atoms with Crippen molar-refractivity contribution in [1.82, 2.24) is 9.88 Å². The van der Waals surface area contributed by atoms with Gasteiger partial charge in [-0.25, -0.2) is 0 Å². The highest BCUT2D eigenvalue weighted by molar-refractivity contribution is 9.13. The molecule has 0 radical (unpaired) electrons. The summed E-state index contributed by atoms with van der Waals surface area (Å²) in [6.07, 6.45) is 0.878. The van der Waals surface area contributed by atoms with E-state index in [4.69, 9.17) is 4.74 Å². The molecule has 1 aliphatic heterocycles. The van der Waals surface area contributed by atoms with Gasteiger partial charge < -0.3 is 14.6 Å². The molecule has 0 spiro atoms. The quantitative estimate of drug-likeness (QED) is 0.908. The number of nitrogens with zero attached hydrogens (tertiary/aromatic N) is 1. The Morgan fingerprint density at radius 3 is 3.06 bits per heavy atom. The van der Waals surface area contributed by atoms with Crippen LogP contribution in [0.5, 0.6) is 0 Å². The van der Waals surface area contributed by atoms with E-state index in [9.17, 15) is 4.79 Å². The fourth-order valence-corrected chi connectivity index (χ4v) is 2.88. The topological polar surface area (TPSA) is 43.3 Å². The predicted octanol–water partition coefficient (Wildman–Crippen LogP) is 2.33. The van der Waals surface area contributed by atoms with E-state index in [1.54, 1.807) is 7.11 Å². The SMILES string of the molecule is COCC[C@H]1CNC(=O)c2cc(Br)c(Br)n21. The lowest BCUT2D eigenvalue weighted by Crippen LogP contribution is -2.39. The third kappa shape index (κ3) is 2.06. The van der Waals surface area contributed by atoms with Crippen LogP contribution in [0.1, 0.15) is 23.0 Å². The van der Waals surface area contributed by atoms with E-state index in [1.807, 2.05) is 10.6 Å². The number of fused-ring (bicyclic) bond motifs is 1. The number of amides is 1. The van der Waals surface area contributed by atoms with Crippen LogP contribution in [0, 0.1) is 0 Å². The molecule has 88 valence electrons. The molecule has 1 atom stereocenters. The molecule has 0 fully saturated rings. The first kappa shape index (κ1) is 12.1. The van der Waals surface area contributed by atoms with Crippen LogP contribution >= 0.6 is 31.9 Å². The van der Waals surface area contributed by atoms with E-state index in [0.717, 1.165) is 15.5 Å². The molecule has 1 N–H and O–H groups in total. The summed E-state index contributed by atoms with van der Waals surface area (Å²) in [7, 11) is 1.68. The molecule has 0 aliphatic carbocycles. The number of carbonyl (C=O) groups is 1. The number of rotatable bonds is 3. The Balaban J connectivity index is 2.34. The largest absolute Gasteiger partial charge is 0.385 e. The number of hydrogen-bond acceptors (Lipinski definition) is 2. The molecule has 1 aromatic rings. The van der Waals surface area contributed by atoms with Crippen LogP contribution < -0.4 is 5.32 Å². The van der Waals surface area contributed by atoms with Crippen LogP contribution in [-0.2, 0) is 4.74 Å². The predicted molar refractivity (Wildman–Crippen MR) is 67.7 cm³/mol. The van der Waals surface area contributed by atoms with Crippen LogP contribution in [0.3, 0.4) is 0 Å². The lowest BCUT2D eigenvalue weighted by molar-refractivity contribution is 0.0901. The summed E-state index contributed by atoms with van der Waals surface area (Å²) >= 11 is 6.91. The van der Waals surface area contributed by atoms with E-state index < -0.39 is 0 Å². The van der Waals surface area contributed by atoms with E-state index in [-0.39, 0.29) is 11.9 Å². The fraction of sp³-hybridized carbons (Fsp3) is 0.500. The molecule has 1 aromatic heterocycles. The Morgan fingerprint density at radius 1 is 1.62 bits per heavy atom. The van der Waals surface area contributed by atoms with Gasteiger partial charge in [0.05, 0.1) is 15.1 Å². The summed E-state index contributed by atoms with van der Waals surface area (Å²) in [6, 6.07) is 2.08. The lowest BCUT2D eigenvalue weighted by Gasteiger charge is -2.27. The average molecular weight is 352 g/mol.